The lowest BCUT2D eigenvalue weighted by Gasteiger charge is -2.21. The standard InChI is InChI=1S/C14H27N3/c1-3-11-16-14(15-2)17-12-13-9-7-5-4-6-8-10-13/h3,13H,1,4-12H2,2H3,(H2,15,16,17). The number of aliphatic imine (C=N–C) groups is 1. The predicted molar refractivity (Wildman–Crippen MR) is 75.4 cm³/mol. The zero-order valence-electron chi connectivity index (χ0n) is 11.2. The van der Waals surface area contributed by atoms with Crippen LogP contribution in [0.1, 0.15) is 44.9 Å². The quantitative estimate of drug-likeness (QED) is 0.448. The third kappa shape index (κ3) is 6.35. The van der Waals surface area contributed by atoms with E-state index in [1.165, 1.54) is 44.9 Å². The predicted octanol–water partition coefficient (Wildman–Crippen LogP) is 2.70. The highest BCUT2D eigenvalue weighted by Crippen LogP contribution is 2.21. The molecule has 2 N–H and O–H groups in total. The van der Waals surface area contributed by atoms with Crippen molar-refractivity contribution >= 4 is 5.96 Å². The van der Waals surface area contributed by atoms with Crippen LogP contribution in [0.2, 0.25) is 0 Å². The van der Waals surface area contributed by atoms with Crippen LogP contribution >= 0.6 is 0 Å². The second-order valence-electron chi connectivity index (χ2n) is 4.83. The molecule has 3 heteroatoms. The van der Waals surface area contributed by atoms with Crippen LogP contribution in [-0.4, -0.2) is 26.1 Å². The van der Waals surface area contributed by atoms with Crippen LogP contribution in [-0.2, 0) is 0 Å². The number of nitrogens with one attached hydrogen (secondary N) is 2. The van der Waals surface area contributed by atoms with E-state index >= 15 is 0 Å². The summed E-state index contributed by atoms with van der Waals surface area (Å²) in [5, 5.41) is 6.62. The van der Waals surface area contributed by atoms with Crippen molar-refractivity contribution in [1.82, 2.24) is 10.6 Å². The molecule has 0 aromatic carbocycles. The van der Waals surface area contributed by atoms with E-state index < -0.39 is 0 Å². The summed E-state index contributed by atoms with van der Waals surface area (Å²) in [4.78, 5) is 4.20. The average Bonchev–Trinajstić information content (AvgIpc) is 2.31. The molecule has 0 atom stereocenters. The smallest absolute Gasteiger partial charge is 0.191 e. The van der Waals surface area contributed by atoms with Crippen LogP contribution in [0.4, 0.5) is 0 Å². The lowest BCUT2D eigenvalue weighted by atomic mass is 9.91. The highest BCUT2D eigenvalue weighted by atomic mass is 15.2. The minimum atomic E-state index is 0.768. The number of hydrogen-bond acceptors (Lipinski definition) is 1. The Morgan fingerprint density at radius 2 is 1.82 bits per heavy atom. The Hall–Kier alpha value is -0.990. The second-order valence-corrected chi connectivity index (χ2v) is 4.83. The van der Waals surface area contributed by atoms with Crippen molar-refractivity contribution in [3.05, 3.63) is 12.7 Å². The summed E-state index contributed by atoms with van der Waals surface area (Å²) >= 11 is 0. The van der Waals surface area contributed by atoms with Gasteiger partial charge in [0.25, 0.3) is 0 Å². The molecule has 0 radical (unpaired) electrons. The third-order valence-corrected chi connectivity index (χ3v) is 3.42. The fraction of sp³-hybridized carbons (Fsp3) is 0.786. The van der Waals surface area contributed by atoms with Crippen LogP contribution in [0.25, 0.3) is 0 Å². The maximum absolute atomic E-state index is 4.20. The molecule has 0 heterocycles. The van der Waals surface area contributed by atoms with E-state index in [-0.39, 0.29) is 0 Å². The van der Waals surface area contributed by atoms with E-state index in [0.717, 1.165) is 25.0 Å². The first kappa shape index (κ1) is 14.1. The van der Waals surface area contributed by atoms with Crippen molar-refractivity contribution in [3.8, 4) is 0 Å². The zero-order chi connectivity index (χ0) is 12.3. The maximum atomic E-state index is 4.20. The van der Waals surface area contributed by atoms with Crippen molar-refractivity contribution in [3.63, 3.8) is 0 Å². The zero-order valence-corrected chi connectivity index (χ0v) is 11.2. The summed E-state index contributed by atoms with van der Waals surface area (Å²) in [5.74, 6) is 1.71. The number of hydrogen-bond donors (Lipinski definition) is 2. The molecule has 0 aromatic rings. The van der Waals surface area contributed by atoms with Gasteiger partial charge in [-0.25, -0.2) is 0 Å². The van der Waals surface area contributed by atoms with Crippen LogP contribution < -0.4 is 10.6 Å². The molecule has 0 unspecified atom stereocenters. The minimum Gasteiger partial charge on any atom is -0.356 e. The third-order valence-electron chi connectivity index (χ3n) is 3.42. The van der Waals surface area contributed by atoms with Gasteiger partial charge in [-0.05, 0) is 18.8 Å². The molecule has 17 heavy (non-hydrogen) atoms. The summed E-state index contributed by atoms with van der Waals surface area (Å²) in [6.45, 7) is 5.52. The van der Waals surface area contributed by atoms with Crippen molar-refractivity contribution < 1.29 is 0 Å². The van der Waals surface area contributed by atoms with Gasteiger partial charge in [-0.2, -0.15) is 0 Å². The van der Waals surface area contributed by atoms with Crippen LogP contribution in [0, 0.1) is 5.92 Å². The Morgan fingerprint density at radius 1 is 1.18 bits per heavy atom. The van der Waals surface area contributed by atoms with Gasteiger partial charge in [0, 0.05) is 20.1 Å². The topological polar surface area (TPSA) is 36.4 Å². The molecule has 0 aliphatic heterocycles. The average molecular weight is 237 g/mol. The van der Waals surface area contributed by atoms with Gasteiger partial charge in [0.1, 0.15) is 0 Å². The van der Waals surface area contributed by atoms with Crippen LogP contribution in [0.3, 0.4) is 0 Å². The molecule has 1 aliphatic rings. The van der Waals surface area contributed by atoms with Crippen molar-refractivity contribution in [2.24, 2.45) is 10.9 Å². The van der Waals surface area contributed by atoms with Gasteiger partial charge >= 0.3 is 0 Å². The molecule has 1 aliphatic carbocycles. The molecular formula is C14H27N3. The lowest BCUT2D eigenvalue weighted by molar-refractivity contribution is 0.375. The van der Waals surface area contributed by atoms with Gasteiger partial charge in [-0.15, -0.1) is 6.58 Å². The van der Waals surface area contributed by atoms with E-state index in [4.69, 9.17) is 0 Å². The van der Waals surface area contributed by atoms with Crippen LogP contribution in [0.5, 0.6) is 0 Å². The first-order valence-corrected chi connectivity index (χ1v) is 6.92. The molecule has 1 rings (SSSR count). The van der Waals surface area contributed by atoms with E-state index in [1.807, 2.05) is 13.1 Å². The summed E-state index contributed by atoms with van der Waals surface area (Å²) in [6, 6.07) is 0. The van der Waals surface area contributed by atoms with Gasteiger partial charge in [0.15, 0.2) is 5.96 Å². The molecule has 0 aromatic heterocycles. The molecule has 0 amide bonds. The molecule has 0 saturated heterocycles. The van der Waals surface area contributed by atoms with E-state index in [2.05, 4.69) is 22.2 Å². The largest absolute Gasteiger partial charge is 0.356 e. The second kappa shape index (κ2) is 9.08. The molecule has 1 saturated carbocycles. The lowest BCUT2D eigenvalue weighted by Crippen LogP contribution is -2.39. The number of nitrogens with zero attached hydrogens (tertiary/aromatic N) is 1. The summed E-state index contributed by atoms with van der Waals surface area (Å²) < 4.78 is 0. The Bertz CT molecular complexity index is 228. The summed E-state index contributed by atoms with van der Waals surface area (Å²) in [7, 11) is 1.82. The molecule has 0 bridgehead atoms. The minimum absolute atomic E-state index is 0.768. The van der Waals surface area contributed by atoms with Crippen molar-refractivity contribution in [2.75, 3.05) is 20.1 Å². The van der Waals surface area contributed by atoms with Crippen molar-refractivity contribution in [1.29, 1.82) is 0 Å². The Labute approximate surface area is 106 Å². The summed E-state index contributed by atoms with van der Waals surface area (Å²) in [6.07, 6.45) is 11.6. The Balaban J connectivity index is 2.23. The van der Waals surface area contributed by atoms with Gasteiger partial charge < -0.3 is 10.6 Å². The highest BCUT2D eigenvalue weighted by molar-refractivity contribution is 5.79. The Kier molecular flexibility index (Phi) is 7.52. The molecular weight excluding hydrogens is 210 g/mol. The summed E-state index contributed by atoms with van der Waals surface area (Å²) in [5.41, 5.74) is 0. The molecule has 1 fully saturated rings. The monoisotopic (exact) mass is 237 g/mol. The molecule has 98 valence electrons. The van der Waals surface area contributed by atoms with Gasteiger partial charge in [0.2, 0.25) is 0 Å². The fourth-order valence-corrected chi connectivity index (χ4v) is 2.38. The molecule has 3 nitrogen and oxygen atoms in total. The van der Waals surface area contributed by atoms with Gasteiger partial charge in [-0.3, -0.25) is 4.99 Å². The Morgan fingerprint density at radius 3 is 2.41 bits per heavy atom. The number of guanidine groups is 1. The number of rotatable bonds is 4. The van der Waals surface area contributed by atoms with E-state index in [9.17, 15) is 0 Å². The van der Waals surface area contributed by atoms with E-state index in [1.54, 1.807) is 0 Å². The first-order chi connectivity index (χ1) is 8.36. The maximum Gasteiger partial charge on any atom is 0.191 e. The first-order valence-electron chi connectivity index (χ1n) is 6.92. The normalized spacial score (nSPS) is 19.2. The SMILES string of the molecule is C=CCNC(=NC)NCC1CCCCCCC1. The van der Waals surface area contributed by atoms with Gasteiger partial charge in [0.05, 0.1) is 0 Å². The highest BCUT2D eigenvalue weighted by Gasteiger charge is 2.11. The van der Waals surface area contributed by atoms with Crippen molar-refractivity contribution in [2.45, 2.75) is 44.9 Å². The van der Waals surface area contributed by atoms with E-state index in [0.29, 0.717) is 0 Å². The van der Waals surface area contributed by atoms with Gasteiger partial charge in [-0.1, -0.05) is 38.2 Å². The molecule has 0 spiro atoms. The fourth-order valence-electron chi connectivity index (χ4n) is 2.38. The van der Waals surface area contributed by atoms with Crippen LogP contribution in [0.15, 0.2) is 17.6 Å².